The van der Waals surface area contributed by atoms with Crippen LogP contribution in [0, 0.1) is 11.6 Å². The molecule has 2 heterocycles. The molecule has 0 unspecified atom stereocenters. The summed E-state index contributed by atoms with van der Waals surface area (Å²) in [7, 11) is 0. The molecule has 1 aromatic carbocycles. The van der Waals surface area contributed by atoms with Gasteiger partial charge in [0, 0.05) is 17.8 Å². The molecular weight excluding hydrogens is 398 g/mol. The molecule has 154 valence electrons. The molecule has 0 N–H and O–H groups in total. The molecule has 0 saturated heterocycles. The lowest BCUT2D eigenvalue weighted by molar-refractivity contribution is 0.246. The van der Waals surface area contributed by atoms with Gasteiger partial charge in [0.15, 0.2) is 16.7 Å². The van der Waals surface area contributed by atoms with Gasteiger partial charge in [0.1, 0.15) is 17.3 Å². The van der Waals surface area contributed by atoms with Gasteiger partial charge >= 0.3 is 6.03 Å². The van der Waals surface area contributed by atoms with Gasteiger partial charge in [0.2, 0.25) is 0 Å². The van der Waals surface area contributed by atoms with Crippen molar-refractivity contribution in [1.82, 2.24) is 9.97 Å². The number of nitrogens with zero attached hydrogens (tertiary/aromatic N) is 4. The predicted molar refractivity (Wildman–Crippen MR) is 108 cm³/mol. The Balaban J connectivity index is 1.82. The summed E-state index contributed by atoms with van der Waals surface area (Å²) >= 11 is 1.39. The van der Waals surface area contributed by atoms with E-state index in [9.17, 15) is 9.18 Å². The van der Waals surface area contributed by atoms with E-state index >= 15 is 4.39 Å². The molecule has 1 aliphatic carbocycles. The number of rotatable bonds is 5. The number of hydrogen-bond acceptors (Lipinski definition) is 5. The van der Waals surface area contributed by atoms with Crippen LogP contribution in [0.3, 0.4) is 0 Å². The Bertz CT molecular complexity index is 937. The van der Waals surface area contributed by atoms with Crippen molar-refractivity contribution in [2.75, 3.05) is 22.7 Å². The molecule has 9 heteroatoms. The van der Waals surface area contributed by atoms with Crippen LogP contribution in [0.2, 0.25) is 0 Å². The van der Waals surface area contributed by atoms with Gasteiger partial charge in [-0.15, -0.1) is 0 Å². The topological polar surface area (TPSA) is 58.6 Å². The highest BCUT2D eigenvalue weighted by Crippen LogP contribution is 2.39. The van der Waals surface area contributed by atoms with Crippen molar-refractivity contribution in [1.29, 1.82) is 0 Å². The van der Waals surface area contributed by atoms with Crippen LogP contribution in [0.15, 0.2) is 23.5 Å². The van der Waals surface area contributed by atoms with Gasteiger partial charge in [-0.1, -0.05) is 24.6 Å². The summed E-state index contributed by atoms with van der Waals surface area (Å²) in [5, 5.41) is 0.559. The summed E-state index contributed by atoms with van der Waals surface area (Å²) in [5.41, 5.74) is 0.262. The Morgan fingerprint density at radius 1 is 1.28 bits per heavy atom. The van der Waals surface area contributed by atoms with E-state index in [1.54, 1.807) is 18.0 Å². The molecule has 1 saturated carbocycles. The van der Waals surface area contributed by atoms with Crippen molar-refractivity contribution in [3.8, 4) is 5.75 Å². The first kappa shape index (κ1) is 19.9. The Hall–Kier alpha value is -2.42. The van der Waals surface area contributed by atoms with E-state index in [-0.39, 0.29) is 24.9 Å². The number of halogens is 2. The van der Waals surface area contributed by atoms with Crippen molar-refractivity contribution >= 4 is 29.3 Å². The highest BCUT2D eigenvalue weighted by molar-refractivity contribution is 7.98. The Morgan fingerprint density at radius 3 is 2.72 bits per heavy atom. The van der Waals surface area contributed by atoms with E-state index in [0.29, 0.717) is 16.5 Å². The van der Waals surface area contributed by atoms with Crippen LogP contribution in [-0.2, 0) is 6.54 Å². The fourth-order valence-corrected chi connectivity index (χ4v) is 4.30. The van der Waals surface area contributed by atoms with Gasteiger partial charge in [0.05, 0.1) is 13.2 Å². The minimum Gasteiger partial charge on any atom is -0.491 e. The fourth-order valence-electron chi connectivity index (χ4n) is 3.96. The van der Waals surface area contributed by atoms with Gasteiger partial charge in [-0.2, -0.15) is 0 Å². The number of urea groups is 1. The maximum Gasteiger partial charge on any atom is 0.330 e. The molecule has 2 amide bonds. The fraction of sp³-hybridized carbons (Fsp3) is 0.450. The summed E-state index contributed by atoms with van der Waals surface area (Å²) < 4.78 is 35.0. The predicted octanol–water partition coefficient (Wildman–Crippen LogP) is 4.76. The number of carbonyl (C=O) groups excluding carboxylic acids is 1. The van der Waals surface area contributed by atoms with Gasteiger partial charge in [0.25, 0.3) is 0 Å². The zero-order valence-corrected chi connectivity index (χ0v) is 17.1. The molecule has 0 radical (unpaired) electrons. The first-order valence-electron chi connectivity index (χ1n) is 9.66. The normalized spacial score (nSPS) is 17.0. The van der Waals surface area contributed by atoms with E-state index < -0.39 is 23.4 Å². The van der Waals surface area contributed by atoms with Crippen molar-refractivity contribution in [3.05, 3.63) is 35.5 Å². The third-order valence-electron chi connectivity index (χ3n) is 5.29. The number of aromatic nitrogens is 2. The minimum atomic E-state index is -0.878. The van der Waals surface area contributed by atoms with E-state index in [0.717, 1.165) is 36.6 Å². The zero-order chi connectivity index (χ0) is 20.5. The summed E-state index contributed by atoms with van der Waals surface area (Å²) in [6.07, 6.45) is 7.18. The van der Waals surface area contributed by atoms with Gasteiger partial charge in [-0.3, -0.25) is 9.80 Å². The summed E-state index contributed by atoms with van der Waals surface area (Å²) in [4.78, 5) is 25.0. The maximum atomic E-state index is 15.1. The molecule has 1 aromatic heterocycles. The largest absolute Gasteiger partial charge is 0.491 e. The Labute approximate surface area is 172 Å². The summed E-state index contributed by atoms with van der Waals surface area (Å²) in [5.74, 6) is -1.23. The van der Waals surface area contributed by atoms with Crippen LogP contribution >= 0.6 is 11.8 Å². The molecule has 0 spiro atoms. The van der Waals surface area contributed by atoms with Crippen LogP contribution in [0.4, 0.5) is 25.1 Å². The third-order valence-corrected chi connectivity index (χ3v) is 5.85. The molecule has 29 heavy (non-hydrogen) atoms. The minimum absolute atomic E-state index is 0.00450. The lowest BCUT2D eigenvalue weighted by atomic mass is 10.1. The molecule has 4 rings (SSSR count). The van der Waals surface area contributed by atoms with Crippen molar-refractivity contribution in [2.24, 2.45) is 0 Å². The number of ether oxygens (including phenoxy) is 1. The monoisotopic (exact) mass is 420 g/mol. The molecule has 0 atom stereocenters. The number of amides is 2. The number of carbonyl (C=O) groups is 1. The van der Waals surface area contributed by atoms with Crippen molar-refractivity contribution < 1.29 is 18.3 Å². The molecule has 0 bridgehead atoms. The van der Waals surface area contributed by atoms with Gasteiger partial charge in [-0.25, -0.2) is 23.5 Å². The van der Waals surface area contributed by atoms with Crippen molar-refractivity contribution in [3.63, 3.8) is 0 Å². The molecular formula is C20H22F2N4O2S. The SMILES string of the molecule is CCOc1ccc(F)c(N2Cc3cnc(SC)nc3N(C3CCCC3)C2=O)c1F. The summed E-state index contributed by atoms with van der Waals surface area (Å²) in [6.45, 7) is 1.95. The number of benzene rings is 1. The molecule has 1 aliphatic heterocycles. The van der Waals surface area contributed by atoms with Crippen LogP contribution in [-0.4, -0.2) is 34.9 Å². The first-order valence-corrected chi connectivity index (χ1v) is 10.9. The molecule has 1 fully saturated rings. The molecule has 2 aromatic rings. The smallest absolute Gasteiger partial charge is 0.330 e. The number of fused-ring (bicyclic) bond motifs is 1. The Kier molecular flexibility index (Phi) is 5.58. The van der Waals surface area contributed by atoms with Crippen LogP contribution in [0.1, 0.15) is 38.2 Å². The van der Waals surface area contributed by atoms with E-state index in [1.807, 2.05) is 6.26 Å². The highest BCUT2D eigenvalue weighted by Gasteiger charge is 2.40. The standard InChI is InChI=1S/C20H22F2N4O2S/c1-3-28-15-9-8-14(21)17(16(15)22)25-11-12-10-23-19(29-2)24-18(12)26(20(25)27)13-6-4-5-7-13/h8-10,13H,3-7,11H2,1-2H3. The highest BCUT2D eigenvalue weighted by atomic mass is 32.2. The van der Waals surface area contributed by atoms with Crippen molar-refractivity contribution in [2.45, 2.75) is 50.4 Å². The second-order valence-corrected chi connectivity index (χ2v) is 7.80. The van der Waals surface area contributed by atoms with E-state index in [2.05, 4.69) is 9.97 Å². The lowest BCUT2D eigenvalue weighted by Crippen LogP contribution is -2.52. The Morgan fingerprint density at radius 2 is 2.03 bits per heavy atom. The third kappa shape index (κ3) is 3.52. The average Bonchev–Trinajstić information content (AvgIpc) is 3.24. The van der Waals surface area contributed by atoms with Gasteiger partial charge in [-0.05, 0) is 38.2 Å². The average molecular weight is 420 g/mol. The second kappa shape index (κ2) is 8.14. The second-order valence-electron chi connectivity index (χ2n) is 7.02. The molecule has 6 nitrogen and oxygen atoms in total. The van der Waals surface area contributed by atoms with Crippen LogP contribution in [0.25, 0.3) is 0 Å². The van der Waals surface area contributed by atoms with Crippen LogP contribution in [0.5, 0.6) is 5.75 Å². The molecule has 2 aliphatic rings. The number of hydrogen-bond donors (Lipinski definition) is 0. The lowest BCUT2D eigenvalue weighted by Gasteiger charge is -2.39. The van der Waals surface area contributed by atoms with E-state index in [1.165, 1.54) is 17.8 Å². The van der Waals surface area contributed by atoms with Crippen LogP contribution < -0.4 is 14.5 Å². The number of anilines is 2. The quantitative estimate of drug-likeness (QED) is 0.515. The maximum absolute atomic E-state index is 15.1. The van der Waals surface area contributed by atoms with Gasteiger partial charge < -0.3 is 4.74 Å². The first-order chi connectivity index (χ1) is 14.0. The zero-order valence-electron chi connectivity index (χ0n) is 16.3. The number of thioether (sulfide) groups is 1. The summed E-state index contributed by atoms with van der Waals surface area (Å²) in [6, 6.07) is 1.85. The van der Waals surface area contributed by atoms with E-state index in [4.69, 9.17) is 4.74 Å².